The zero-order valence-corrected chi connectivity index (χ0v) is 12.1. The fraction of sp³-hybridized carbons (Fsp3) is 1.00. The van der Waals surface area contributed by atoms with E-state index in [1.54, 1.807) is 0 Å². The van der Waals surface area contributed by atoms with Crippen LogP contribution in [0, 0.1) is 5.92 Å². The largest absolute Gasteiger partial charge is 0.395 e. The number of aliphatic hydroxyl groups is 1. The molecule has 5 heteroatoms. The molecule has 0 unspecified atom stereocenters. The van der Waals surface area contributed by atoms with Gasteiger partial charge >= 0.3 is 0 Å². The number of aliphatic hydroxyl groups excluding tert-OH is 1. The highest BCUT2D eigenvalue weighted by atomic mass is 35.5. The average Bonchev–Trinajstić information content (AvgIpc) is 2.40. The second-order valence-corrected chi connectivity index (χ2v) is 5.39. The molecule has 4 nitrogen and oxygen atoms in total. The standard InChI is InChI=1S/C13H27N3O.ClH/c17-12-11-16-9-7-15(8-10-16)6-3-13-1-4-14-5-2-13;/h13-14,17H,1-12H2;1H. The van der Waals surface area contributed by atoms with Gasteiger partial charge in [-0.05, 0) is 44.8 Å². The van der Waals surface area contributed by atoms with Gasteiger partial charge in [-0.2, -0.15) is 0 Å². The minimum absolute atomic E-state index is 0. The number of piperazine rings is 1. The first-order valence-electron chi connectivity index (χ1n) is 7.15. The number of halogens is 1. The second kappa shape index (κ2) is 9.10. The van der Waals surface area contributed by atoms with Crippen molar-refractivity contribution < 1.29 is 5.11 Å². The molecule has 0 radical (unpaired) electrons. The van der Waals surface area contributed by atoms with Gasteiger partial charge in [0.15, 0.2) is 0 Å². The fourth-order valence-corrected chi connectivity index (χ4v) is 2.91. The monoisotopic (exact) mass is 277 g/mol. The number of hydrogen-bond acceptors (Lipinski definition) is 4. The van der Waals surface area contributed by atoms with Gasteiger partial charge in [0.1, 0.15) is 0 Å². The van der Waals surface area contributed by atoms with Gasteiger partial charge in [0, 0.05) is 32.7 Å². The molecule has 2 rings (SSSR count). The Morgan fingerprint density at radius 1 is 0.944 bits per heavy atom. The molecular weight excluding hydrogens is 250 g/mol. The van der Waals surface area contributed by atoms with Gasteiger partial charge in [0.05, 0.1) is 6.61 Å². The van der Waals surface area contributed by atoms with Crippen molar-refractivity contribution in [2.45, 2.75) is 19.3 Å². The topological polar surface area (TPSA) is 38.7 Å². The normalized spacial score (nSPS) is 23.8. The van der Waals surface area contributed by atoms with Gasteiger partial charge in [0.2, 0.25) is 0 Å². The molecule has 0 atom stereocenters. The van der Waals surface area contributed by atoms with Crippen LogP contribution in [0.2, 0.25) is 0 Å². The smallest absolute Gasteiger partial charge is 0.0558 e. The van der Waals surface area contributed by atoms with E-state index in [4.69, 9.17) is 5.11 Å². The molecule has 2 fully saturated rings. The molecule has 108 valence electrons. The van der Waals surface area contributed by atoms with Crippen molar-refractivity contribution in [3.8, 4) is 0 Å². The van der Waals surface area contributed by atoms with Crippen molar-refractivity contribution >= 4 is 12.4 Å². The fourth-order valence-electron chi connectivity index (χ4n) is 2.91. The predicted octanol–water partition coefficient (Wildman–Crippen LogP) is 0.408. The van der Waals surface area contributed by atoms with Crippen LogP contribution in [0.4, 0.5) is 0 Å². The summed E-state index contributed by atoms with van der Waals surface area (Å²) in [6.07, 6.45) is 4.11. The van der Waals surface area contributed by atoms with Crippen molar-refractivity contribution in [1.82, 2.24) is 15.1 Å². The van der Waals surface area contributed by atoms with E-state index in [9.17, 15) is 0 Å². The van der Waals surface area contributed by atoms with Crippen LogP contribution in [-0.2, 0) is 0 Å². The Morgan fingerprint density at radius 2 is 1.50 bits per heavy atom. The van der Waals surface area contributed by atoms with Crippen molar-refractivity contribution in [1.29, 1.82) is 0 Å². The first-order valence-corrected chi connectivity index (χ1v) is 7.15. The van der Waals surface area contributed by atoms with Crippen LogP contribution < -0.4 is 5.32 Å². The second-order valence-electron chi connectivity index (χ2n) is 5.39. The summed E-state index contributed by atoms with van der Waals surface area (Å²) in [7, 11) is 0. The van der Waals surface area contributed by atoms with Crippen LogP contribution in [0.1, 0.15) is 19.3 Å². The van der Waals surface area contributed by atoms with E-state index in [2.05, 4.69) is 15.1 Å². The third kappa shape index (κ3) is 5.41. The molecule has 2 N–H and O–H groups in total. The maximum Gasteiger partial charge on any atom is 0.0558 e. The van der Waals surface area contributed by atoms with E-state index in [0.717, 1.165) is 25.6 Å². The lowest BCUT2D eigenvalue weighted by molar-refractivity contribution is 0.107. The molecule has 0 aromatic heterocycles. The van der Waals surface area contributed by atoms with Crippen LogP contribution in [0.5, 0.6) is 0 Å². The lowest BCUT2D eigenvalue weighted by atomic mass is 9.94. The summed E-state index contributed by atoms with van der Waals surface area (Å²) in [6.45, 7) is 9.49. The number of piperidine rings is 1. The maximum absolute atomic E-state index is 8.90. The van der Waals surface area contributed by atoms with Crippen molar-refractivity contribution in [3.63, 3.8) is 0 Å². The summed E-state index contributed by atoms with van der Waals surface area (Å²) >= 11 is 0. The average molecular weight is 278 g/mol. The zero-order chi connectivity index (χ0) is 11.9. The van der Waals surface area contributed by atoms with E-state index in [1.165, 1.54) is 52.0 Å². The number of nitrogens with one attached hydrogen (secondary N) is 1. The van der Waals surface area contributed by atoms with Crippen LogP contribution in [-0.4, -0.2) is 73.9 Å². The molecule has 2 aliphatic rings. The summed E-state index contributed by atoms with van der Waals surface area (Å²) in [5.41, 5.74) is 0. The molecule has 0 aromatic rings. The number of rotatable bonds is 5. The highest BCUT2D eigenvalue weighted by Crippen LogP contribution is 2.16. The lowest BCUT2D eigenvalue weighted by Gasteiger charge is -2.35. The van der Waals surface area contributed by atoms with E-state index >= 15 is 0 Å². The summed E-state index contributed by atoms with van der Waals surface area (Å²) in [5, 5.41) is 12.3. The summed E-state index contributed by atoms with van der Waals surface area (Å²) in [5.74, 6) is 0.951. The summed E-state index contributed by atoms with van der Waals surface area (Å²) < 4.78 is 0. The molecule has 2 aliphatic heterocycles. The predicted molar refractivity (Wildman–Crippen MR) is 77.4 cm³/mol. The maximum atomic E-state index is 8.90. The number of nitrogens with zero attached hydrogens (tertiary/aromatic N) is 2. The Bertz CT molecular complexity index is 204. The number of hydrogen-bond donors (Lipinski definition) is 2. The SMILES string of the molecule is Cl.OCCN1CCN(CCC2CCNCC2)CC1. The van der Waals surface area contributed by atoms with Gasteiger partial charge in [0.25, 0.3) is 0 Å². The molecule has 0 bridgehead atoms. The Morgan fingerprint density at radius 3 is 2.06 bits per heavy atom. The lowest BCUT2D eigenvalue weighted by Crippen LogP contribution is -2.47. The molecule has 0 aromatic carbocycles. The highest BCUT2D eigenvalue weighted by Gasteiger charge is 2.18. The molecule has 2 heterocycles. The Kier molecular flexibility index (Phi) is 8.18. The molecule has 0 amide bonds. The van der Waals surface area contributed by atoms with Gasteiger partial charge in [-0.1, -0.05) is 0 Å². The molecule has 2 saturated heterocycles. The van der Waals surface area contributed by atoms with Gasteiger partial charge in [-0.15, -0.1) is 12.4 Å². The summed E-state index contributed by atoms with van der Waals surface area (Å²) in [6, 6.07) is 0. The first-order chi connectivity index (χ1) is 8.38. The van der Waals surface area contributed by atoms with Crippen LogP contribution in [0.15, 0.2) is 0 Å². The van der Waals surface area contributed by atoms with Crippen molar-refractivity contribution in [3.05, 3.63) is 0 Å². The third-order valence-corrected chi connectivity index (χ3v) is 4.19. The highest BCUT2D eigenvalue weighted by molar-refractivity contribution is 5.85. The van der Waals surface area contributed by atoms with E-state index in [1.807, 2.05) is 0 Å². The van der Waals surface area contributed by atoms with Crippen molar-refractivity contribution in [2.24, 2.45) is 5.92 Å². The first kappa shape index (κ1) is 16.2. The molecule has 0 spiro atoms. The van der Waals surface area contributed by atoms with E-state index in [0.29, 0.717) is 6.61 Å². The molecule has 0 saturated carbocycles. The molecule has 18 heavy (non-hydrogen) atoms. The quantitative estimate of drug-likeness (QED) is 0.764. The van der Waals surface area contributed by atoms with Crippen LogP contribution in [0.3, 0.4) is 0 Å². The zero-order valence-electron chi connectivity index (χ0n) is 11.3. The van der Waals surface area contributed by atoms with E-state index in [-0.39, 0.29) is 12.4 Å². The number of β-amino-alcohol motifs (C(OH)–C–C–N with tert-alkyl or cyclic N) is 1. The van der Waals surface area contributed by atoms with Gasteiger partial charge < -0.3 is 15.3 Å². The van der Waals surface area contributed by atoms with E-state index < -0.39 is 0 Å². The Labute approximate surface area is 117 Å². The van der Waals surface area contributed by atoms with Gasteiger partial charge in [-0.3, -0.25) is 4.90 Å². The van der Waals surface area contributed by atoms with Crippen LogP contribution in [0.25, 0.3) is 0 Å². The summed E-state index contributed by atoms with van der Waals surface area (Å²) in [4.78, 5) is 4.96. The van der Waals surface area contributed by atoms with Gasteiger partial charge in [-0.25, -0.2) is 0 Å². The molecule has 0 aliphatic carbocycles. The minimum Gasteiger partial charge on any atom is -0.395 e. The third-order valence-electron chi connectivity index (χ3n) is 4.19. The Hall–Kier alpha value is 0.130. The Balaban J connectivity index is 0.00000162. The minimum atomic E-state index is 0. The van der Waals surface area contributed by atoms with Crippen LogP contribution >= 0.6 is 12.4 Å². The molecular formula is C13H28ClN3O. The van der Waals surface area contributed by atoms with Crippen molar-refractivity contribution in [2.75, 3.05) is 59.0 Å².